The number of hydrogen-bond acceptors (Lipinski definition) is 4. The number of phenols is 1. The summed E-state index contributed by atoms with van der Waals surface area (Å²) in [6, 6.07) is 31.9. The zero-order chi connectivity index (χ0) is 36.5. The fourth-order valence-corrected chi connectivity index (χ4v) is 6.83. The summed E-state index contributed by atoms with van der Waals surface area (Å²) in [7, 11) is 0. The Morgan fingerprint density at radius 2 is 1.20 bits per heavy atom. The minimum absolute atomic E-state index is 0.0239. The molecule has 0 bridgehead atoms. The lowest BCUT2D eigenvalue weighted by molar-refractivity contribution is 0.476. The van der Waals surface area contributed by atoms with Crippen molar-refractivity contribution >= 4 is 21.9 Å². The van der Waals surface area contributed by atoms with Crippen LogP contribution in [-0.2, 0) is 16.2 Å². The van der Waals surface area contributed by atoms with Crippen LogP contribution in [-0.4, -0.2) is 24.6 Å². The zero-order valence-electron chi connectivity index (χ0n) is 31.6. The molecule has 1 N–H and O–H groups in total. The van der Waals surface area contributed by atoms with Crippen molar-refractivity contribution in [2.75, 3.05) is 0 Å². The van der Waals surface area contributed by atoms with Gasteiger partial charge in [0, 0.05) is 40.2 Å². The van der Waals surface area contributed by atoms with Crippen LogP contribution in [0.3, 0.4) is 0 Å². The number of fused-ring (bicyclic) bond motifs is 2. The third-order valence-electron chi connectivity index (χ3n) is 10.0. The van der Waals surface area contributed by atoms with E-state index in [1.807, 2.05) is 24.5 Å². The Bertz CT molecular complexity index is 2430. The van der Waals surface area contributed by atoms with E-state index in [0.717, 1.165) is 50.3 Å². The maximum Gasteiger partial charge on any atom is 0.145 e. The molecular weight excluding hydrogens is 625 g/mol. The second kappa shape index (κ2) is 12.2. The smallest absolute Gasteiger partial charge is 0.145 e. The Labute approximate surface area is 302 Å². The molecule has 0 unspecified atom stereocenters. The number of imidazole rings is 1. The first-order valence-corrected chi connectivity index (χ1v) is 17.8. The quantitative estimate of drug-likeness (QED) is 0.202. The second-order valence-corrected chi connectivity index (χ2v) is 17.0. The highest BCUT2D eigenvalue weighted by Crippen LogP contribution is 2.40. The average Bonchev–Trinajstić information content (AvgIpc) is 3.47. The Morgan fingerprint density at radius 3 is 1.88 bits per heavy atom. The monoisotopic (exact) mass is 672 g/mol. The van der Waals surface area contributed by atoms with Crippen LogP contribution in [0.25, 0.3) is 61.4 Å². The lowest BCUT2D eigenvalue weighted by Crippen LogP contribution is -2.11. The number of benzene rings is 4. The van der Waals surface area contributed by atoms with Gasteiger partial charge in [-0.2, -0.15) is 0 Å². The van der Waals surface area contributed by atoms with Crippen molar-refractivity contribution in [1.82, 2.24) is 19.5 Å². The molecule has 0 saturated carbocycles. The molecule has 258 valence electrons. The number of nitrogens with zero attached hydrogens (tertiary/aromatic N) is 4. The van der Waals surface area contributed by atoms with Gasteiger partial charge in [0.1, 0.15) is 22.8 Å². The van der Waals surface area contributed by atoms with Gasteiger partial charge in [-0.3, -0.25) is 14.5 Å². The summed E-state index contributed by atoms with van der Waals surface area (Å²) in [5.41, 5.74) is 12.9. The van der Waals surface area contributed by atoms with Crippen LogP contribution in [0.4, 0.5) is 0 Å². The van der Waals surface area contributed by atoms with Crippen molar-refractivity contribution in [3.63, 3.8) is 0 Å². The van der Waals surface area contributed by atoms with Crippen LogP contribution in [0.15, 0.2) is 103 Å². The minimum atomic E-state index is -0.0992. The van der Waals surface area contributed by atoms with E-state index < -0.39 is 0 Å². The van der Waals surface area contributed by atoms with Crippen molar-refractivity contribution < 1.29 is 5.11 Å². The first-order valence-electron chi connectivity index (χ1n) is 17.8. The minimum Gasteiger partial charge on any atom is -0.507 e. The molecule has 0 amide bonds. The van der Waals surface area contributed by atoms with Gasteiger partial charge in [-0.1, -0.05) is 98.7 Å². The normalized spacial score (nSPS) is 12.6. The van der Waals surface area contributed by atoms with Crippen LogP contribution in [0.1, 0.15) is 84.6 Å². The topological polar surface area (TPSA) is 63.8 Å². The number of aromatic hydroxyl groups is 1. The number of rotatable bonds is 4. The van der Waals surface area contributed by atoms with Gasteiger partial charge in [-0.25, -0.2) is 4.98 Å². The molecule has 0 spiro atoms. The number of aromatic nitrogens is 4. The summed E-state index contributed by atoms with van der Waals surface area (Å²) in [5, 5.41) is 12.4. The van der Waals surface area contributed by atoms with E-state index in [1.165, 1.54) is 22.1 Å². The van der Waals surface area contributed by atoms with Crippen molar-refractivity contribution in [2.24, 2.45) is 0 Å². The fraction of sp³-hybridized carbons (Fsp3) is 0.283. The van der Waals surface area contributed by atoms with Gasteiger partial charge in [0.15, 0.2) is 0 Å². The summed E-state index contributed by atoms with van der Waals surface area (Å²) >= 11 is 0. The molecular formula is C46H48N4O. The SMILES string of the molecule is Cc1ccnc2c(-c3cccc(-c4nc5c(-c6cc(C(C)(C)C)ccc6O)nccc5n4-c4ccc(C(C)(C)C)cc4)c3)cc(C(C)(C)C)cc12. The van der Waals surface area contributed by atoms with Crippen LogP contribution in [0.2, 0.25) is 0 Å². The summed E-state index contributed by atoms with van der Waals surface area (Å²) in [6.07, 6.45) is 3.72. The van der Waals surface area contributed by atoms with E-state index in [4.69, 9.17) is 15.0 Å². The summed E-state index contributed by atoms with van der Waals surface area (Å²) in [6.45, 7) is 22.2. The predicted octanol–water partition coefficient (Wildman–Crippen LogP) is 11.9. The van der Waals surface area contributed by atoms with Gasteiger partial charge in [-0.15, -0.1) is 0 Å². The highest BCUT2D eigenvalue weighted by molar-refractivity contribution is 5.98. The third-order valence-corrected chi connectivity index (χ3v) is 10.0. The summed E-state index contributed by atoms with van der Waals surface area (Å²) < 4.78 is 2.23. The molecule has 3 heterocycles. The summed E-state index contributed by atoms with van der Waals surface area (Å²) in [5.74, 6) is 0.987. The largest absolute Gasteiger partial charge is 0.507 e. The van der Waals surface area contributed by atoms with Gasteiger partial charge in [-0.05, 0) is 106 Å². The lowest BCUT2D eigenvalue weighted by atomic mass is 9.83. The molecule has 0 fully saturated rings. The van der Waals surface area contributed by atoms with Gasteiger partial charge in [0.2, 0.25) is 0 Å². The second-order valence-electron chi connectivity index (χ2n) is 17.0. The average molecular weight is 673 g/mol. The van der Waals surface area contributed by atoms with Crippen LogP contribution >= 0.6 is 0 Å². The number of hydrogen-bond donors (Lipinski definition) is 1. The molecule has 7 aromatic rings. The third kappa shape index (κ3) is 6.31. The van der Waals surface area contributed by atoms with E-state index in [2.05, 4.69) is 147 Å². The molecule has 0 atom stereocenters. The van der Waals surface area contributed by atoms with Gasteiger partial charge in [0.25, 0.3) is 0 Å². The maximum atomic E-state index is 11.2. The van der Waals surface area contributed by atoms with E-state index >= 15 is 0 Å². The number of pyridine rings is 2. The number of phenolic OH excluding ortho intramolecular Hbond substituents is 1. The molecule has 0 radical (unpaired) electrons. The molecule has 0 saturated heterocycles. The standard InChI is InChI=1S/C46H48N4O/c1-28-20-22-47-40-35(28)26-33(46(8,9)10)27-36(40)29-12-11-13-30(24-29)43-49-42-38(50(43)34-17-14-31(15-18-34)44(2,3)4)21-23-48-41(42)37-25-32(45(5,6)7)16-19-39(37)51/h11-27,51H,1-10H3. The lowest BCUT2D eigenvalue weighted by Gasteiger charge is -2.22. The fourth-order valence-electron chi connectivity index (χ4n) is 6.83. The molecule has 51 heavy (non-hydrogen) atoms. The Kier molecular flexibility index (Phi) is 8.17. The Balaban J connectivity index is 1.50. The van der Waals surface area contributed by atoms with Crippen LogP contribution in [0.5, 0.6) is 5.75 Å². The molecule has 0 aliphatic rings. The first-order chi connectivity index (χ1) is 24.0. The molecule has 3 aromatic heterocycles. The molecule has 7 rings (SSSR count). The van der Waals surface area contributed by atoms with Crippen LogP contribution in [0, 0.1) is 6.92 Å². The van der Waals surface area contributed by atoms with Crippen molar-refractivity contribution in [2.45, 2.75) is 85.5 Å². The molecule has 5 nitrogen and oxygen atoms in total. The zero-order valence-corrected chi connectivity index (χ0v) is 31.6. The van der Waals surface area contributed by atoms with Crippen molar-refractivity contribution in [3.05, 3.63) is 126 Å². The predicted molar refractivity (Wildman–Crippen MR) is 213 cm³/mol. The highest BCUT2D eigenvalue weighted by atomic mass is 16.3. The van der Waals surface area contributed by atoms with E-state index in [9.17, 15) is 5.11 Å². The van der Waals surface area contributed by atoms with Crippen molar-refractivity contribution in [3.8, 4) is 45.2 Å². The Morgan fingerprint density at radius 1 is 0.569 bits per heavy atom. The van der Waals surface area contributed by atoms with Gasteiger partial charge in [0.05, 0.1) is 11.0 Å². The summed E-state index contributed by atoms with van der Waals surface area (Å²) in [4.78, 5) is 15.1. The molecule has 0 aliphatic carbocycles. The Hall–Kier alpha value is -5.29. The van der Waals surface area contributed by atoms with Gasteiger partial charge < -0.3 is 5.11 Å². The van der Waals surface area contributed by atoms with Gasteiger partial charge >= 0.3 is 0 Å². The highest BCUT2D eigenvalue weighted by Gasteiger charge is 2.24. The van der Waals surface area contributed by atoms with E-state index in [0.29, 0.717) is 11.3 Å². The van der Waals surface area contributed by atoms with E-state index in [1.54, 1.807) is 6.07 Å². The molecule has 0 aliphatic heterocycles. The maximum absolute atomic E-state index is 11.2. The molecule has 4 aromatic carbocycles. The first kappa shape index (κ1) is 34.2. The number of aryl methyl sites for hydroxylation is 1. The van der Waals surface area contributed by atoms with Crippen LogP contribution < -0.4 is 0 Å². The van der Waals surface area contributed by atoms with Crippen molar-refractivity contribution in [1.29, 1.82) is 0 Å². The molecule has 5 heteroatoms. The van der Waals surface area contributed by atoms with E-state index in [-0.39, 0.29) is 22.0 Å².